The summed E-state index contributed by atoms with van der Waals surface area (Å²) >= 11 is 0. The Balaban J connectivity index is 2.66. The van der Waals surface area contributed by atoms with E-state index in [4.69, 9.17) is 5.73 Å². The Morgan fingerprint density at radius 3 is 2.67 bits per heavy atom. The maximum absolute atomic E-state index is 12.1. The number of benzene rings is 1. The van der Waals surface area contributed by atoms with Gasteiger partial charge in [0.2, 0.25) is 0 Å². The summed E-state index contributed by atoms with van der Waals surface area (Å²) in [6.45, 7) is 10.0. The first-order valence-electron chi connectivity index (χ1n) is 7.42. The molecule has 0 aliphatic carbocycles. The molecule has 0 aliphatic heterocycles. The summed E-state index contributed by atoms with van der Waals surface area (Å²) < 4.78 is 0. The number of carbonyl (C=O) groups excluding carboxylic acids is 1. The standard InChI is InChI=1S/C17H25N3O/c1-4-20(5-2)12-11-19-17(21)16-9-8-14(3)15(13-16)7-6-10-18/h8-9,13H,4-5,10-12,18H2,1-3H3,(H,19,21). The summed E-state index contributed by atoms with van der Waals surface area (Å²) in [5, 5.41) is 2.95. The minimum Gasteiger partial charge on any atom is -0.351 e. The van der Waals surface area contributed by atoms with E-state index in [1.54, 1.807) is 0 Å². The van der Waals surface area contributed by atoms with E-state index < -0.39 is 0 Å². The zero-order valence-corrected chi connectivity index (χ0v) is 13.2. The van der Waals surface area contributed by atoms with Gasteiger partial charge in [0.1, 0.15) is 0 Å². The average molecular weight is 287 g/mol. The van der Waals surface area contributed by atoms with Crippen LogP contribution in [-0.2, 0) is 0 Å². The van der Waals surface area contributed by atoms with Crippen LogP contribution in [-0.4, -0.2) is 43.5 Å². The first-order chi connectivity index (χ1) is 10.1. The predicted molar refractivity (Wildman–Crippen MR) is 87.2 cm³/mol. The molecule has 4 heteroatoms. The number of nitrogens with one attached hydrogen (secondary N) is 1. The van der Waals surface area contributed by atoms with Crippen molar-refractivity contribution in [3.8, 4) is 11.8 Å². The maximum atomic E-state index is 12.1. The van der Waals surface area contributed by atoms with Gasteiger partial charge in [0.15, 0.2) is 0 Å². The van der Waals surface area contributed by atoms with Crippen LogP contribution < -0.4 is 11.1 Å². The normalized spacial score (nSPS) is 10.1. The number of aryl methyl sites for hydroxylation is 1. The molecule has 0 spiro atoms. The van der Waals surface area contributed by atoms with E-state index in [1.165, 1.54) is 0 Å². The Morgan fingerprint density at radius 2 is 2.05 bits per heavy atom. The number of hydrogen-bond acceptors (Lipinski definition) is 3. The van der Waals surface area contributed by atoms with Gasteiger partial charge in [0.25, 0.3) is 5.91 Å². The van der Waals surface area contributed by atoms with E-state index in [0.717, 1.165) is 30.8 Å². The highest BCUT2D eigenvalue weighted by Crippen LogP contribution is 2.10. The van der Waals surface area contributed by atoms with Gasteiger partial charge in [-0.15, -0.1) is 0 Å². The van der Waals surface area contributed by atoms with Crippen molar-refractivity contribution in [1.29, 1.82) is 0 Å². The Morgan fingerprint density at radius 1 is 1.33 bits per heavy atom. The van der Waals surface area contributed by atoms with E-state index in [-0.39, 0.29) is 5.91 Å². The molecule has 1 amide bonds. The van der Waals surface area contributed by atoms with E-state index in [0.29, 0.717) is 18.7 Å². The van der Waals surface area contributed by atoms with Gasteiger partial charge >= 0.3 is 0 Å². The summed E-state index contributed by atoms with van der Waals surface area (Å²) in [6.07, 6.45) is 0. The van der Waals surface area contributed by atoms with E-state index in [1.807, 2.05) is 25.1 Å². The van der Waals surface area contributed by atoms with Crippen molar-refractivity contribution in [3.05, 3.63) is 34.9 Å². The Bertz CT molecular complexity index is 525. The third kappa shape index (κ3) is 5.58. The molecule has 0 atom stereocenters. The molecule has 0 unspecified atom stereocenters. The summed E-state index contributed by atoms with van der Waals surface area (Å²) in [5.41, 5.74) is 7.94. The highest BCUT2D eigenvalue weighted by molar-refractivity contribution is 5.94. The van der Waals surface area contributed by atoms with Gasteiger partial charge in [-0.25, -0.2) is 0 Å². The summed E-state index contributed by atoms with van der Waals surface area (Å²) in [6, 6.07) is 5.57. The number of hydrogen-bond donors (Lipinski definition) is 2. The molecule has 1 aromatic rings. The minimum absolute atomic E-state index is 0.0574. The van der Waals surface area contributed by atoms with Crippen LogP contribution in [0, 0.1) is 18.8 Å². The highest BCUT2D eigenvalue weighted by Gasteiger charge is 2.07. The number of nitrogens with zero attached hydrogens (tertiary/aromatic N) is 1. The molecule has 0 saturated heterocycles. The second-order valence-corrected chi connectivity index (χ2v) is 4.82. The molecule has 1 aromatic carbocycles. The monoisotopic (exact) mass is 287 g/mol. The second-order valence-electron chi connectivity index (χ2n) is 4.82. The molecule has 0 bridgehead atoms. The van der Waals surface area contributed by atoms with Gasteiger partial charge in [-0.2, -0.15) is 0 Å². The van der Waals surface area contributed by atoms with Crippen LogP contribution in [0.25, 0.3) is 0 Å². The maximum Gasteiger partial charge on any atom is 0.251 e. The third-order valence-corrected chi connectivity index (χ3v) is 3.43. The topological polar surface area (TPSA) is 58.4 Å². The number of likely N-dealkylation sites (N-methyl/N-ethyl adjacent to an activating group) is 1. The van der Waals surface area contributed by atoms with Crippen molar-refractivity contribution in [3.63, 3.8) is 0 Å². The number of rotatable bonds is 6. The van der Waals surface area contributed by atoms with Crippen molar-refractivity contribution < 1.29 is 4.79 Å². The fourth-order valence-electron chi connectivity index (χ4n) is 2.01. The van der Waals surface area contributed by atoms with Crippen molar-refractivity contribution in [2.75, 3.05) is 32.7 Å². The van der Waals surface area contributed by atoms with Crippen LogP contribution in [0.3, 0.4) is 0 Å². The Labute approximate surface area is 127 Å². The van der Waals surface area contributed by atoms with Crippen LogP contribution in [0.5, 0.6) is 0 Å². The molecule has 3 N–H and O–H groups in total. The summed E-state index contributed by atoms with van der Waals surface area (Å²) in [5.74, 6) is 5.76. The summed E-state index contributed by atoms with van der Waals surface area (Å²) in [7, 11) is 0. The average Bonchev–Trinajstić information content (AvgIpc) is 2.50. The molecule has 21 heavy (non-hydrogen) atoms. The smallest absolute Gasteiger partial charge is 0.251 e. The predicted octanol–water partition coefficient (Wildman–Crippen LogP) is 1.38. The molecule has 0 aromatic heterocycles. The molecule has 4 nitrogen and oxygen atoms in total. The first-order valence-corrected chi connectivity index (χ1v) is 7.42. The quantitative estimate of drug-likeness (QED) is 0.777. The van der Waals surface area contributed by atoms with E-state index in [9.17, 15) is 4.79 Å². The lowest BCUT2D eigenvalue weighted by Gasteiger charge is -2.18. The zero-order valence-electron chi connectivity index (χ0n) is 13.2. The molecular weight excluding hydrogens is 262 g/mol. The third-order valence-electron chi connectivity index (χ3n) is 3.43. The molecular formula is C17H25N3O. The van der Waals surface area contributed by atoms with Gasteiger partial charge in [-0.1, -0.05) is 31.8 Å². The Hall–Kier alpha value is -1.83. The van der Waals surface area contributed by atoms with Crippen molar-refractivity contribution >= 4 is 5.91 Å². The largest absolute Gasteiger partial charge is 0.351 e. The van der Waals surface area contributed by atoms with Gasteiger partial charge < -0.3 is 16.0 Å². The number of carbonyl (C=O) groups is 1. The summed E-state index contributed by atoms with van der Waals surface area (Å²) in [4.78, 5) is 14.4. The fraction of sp³-hybridized carbons (Fsp3) is 0.471. The van der Waals surface area contributed by atoms with Gasteiger partial charge in [-0.05, 0) is 37.7 Å². The lowest BCUT2D eigenvalue weighted by molar-refractivity contribution is 0.0949. The van der Waals surface area contributed by atoms with Gasteiger partial charge in [0.05, 0.1) is 6.54 Å². The van der Waals surface area contributed by atoms with Crippen molar-refractivity contribution in [2.45, 2.75) is 20.8 Å². The number of amides is 1. The van der Waals surface area contributed by atoms with E-state index in [2.05, 4.69) is 35.9 Å². The molecule has 114 valence electrons. The highest BCUT2D eigenvalue weighted by atomic mass is 16.1. The molecule has 0 aliphatic rings. The molecule has 0 radical (unpaired) electrons. The molecule has 1 rings (SSSR count). The minimum atomic E-state index is -0.0574. The van der Waals surface area contributed by atoms with Crippen molar-refractivity contribution in [2.24, 2.45) is 5.73 Å². The lowest BCUT2D eigenvalue weighted by Crippen LogP contribution is -2.34. The molecule has 0 saturated carbocycles. The first kappa shape index (κ1) is 17.2. The lowest BCUT2D eigenvalue weighted by atomic mass is 10.0. The van der Waals surface area contributed by atoms with E-state index >= 15 is 0 Å². The van der Waals surface area contributed by atoms with Crippen LogP contribution in [0.1, 0.15) is 35.3 Å². The fourth-order valence-corrected chi connectivity index (χ4v) is 2.01. The van der Waals surface area contributed by atoms with Crippen LogP contribution in [0.2, 0.25) is 0 Å². The van der Waals surface area contributed by atoms with Crippen LogP contribution in [0.15, 0.2) is 18.2 Å². The molecule has 0 heterocycles. The van der Waals surface area contributed by atoms with Crippen LogP contribution in [0.4, 0.5) is 0 Å². The number of nitrogens with two attached hydrogens (primary N) is 1. The Kier molecular flexibility index (Phi) is 7.52. The SMILES string of the molecule is CCN(CC)CCNC(=O)c1ccc(C)c(C#CCN)c1. The van der Waals surface area contributed by atoms with Crippen molar-refractivity contribution in [1.82, 2.24) is 10.2 Å². The zero-order chi connectivity index (χ0) is 15.7. The molecule has 0 fully saturated rings. The van der Waals surface area contributed by atoms with Gasteiger partial charge in [0, 0.05) is 24.2 Å². The van der Waals surface area contributed by atoms with Crippen LogP contribution >= 0.6 is 0 Å². The van der Waals surface area contributed by atoms with Gasteiger partial charge in [-0.3, -0.25) is 4.79 Å². The second kappa shape index (κ2) is 9.17.